The van der Waals surface area contributed by atoms with Gasteiger partial charge in [-0.25, -0.2) is 4.68 Å². The third kappa shape index (κ3) is 3.23. The fourth-order valence-corrected chi connectivity index (χ4v) is 1.86. The van der Waals surface area contributed by atoms with Crippen LogP contribution in [-0.4, -0.2) is 37.8 Å². The summed E-state index contributed by atoms with van der Waals surface area (Å²) in [6.45, 7) is 8.19. The van der Waals surface area contributed by atoms with Crippen LogP contribution in [-0.2, 0) is 0 Å². The first-order valence-corrected chi connectivity index (χ1v) is 6.90. The van der Waals surface area contributed by atoms with Gasteiger partial charge in [-0.3, -0.25) is 0 Å². The van der Waals surface area contributed by atoms with Gasteiger partial charge in [-0.15, -0.1) is 0 Å². The molecular formula is C13H21N7. The zero-order chi connectivity index (χ0) is 14.5. The van der Waals surface area contributed by atoms with E-state index in [0.717, 1.165) is 19.5 Å². The lowest BCUT2D eigenvalue weighted by Gasteiger charge is -2.24. The van der Waals surface area contributed by atoms with Gasteiger partial charge in [0.25, 0.3) is 5.95 Å². The maximum atomic E-state index is 5.79. The summed E-state index contributed by atoms with van der Waals surface area (Å²) in [5.41, 5.74) is 5.79. The summed E-state index contributed by atoms with van der Waals surface area (Å²) in [6, 6.07) is 1.82. The first-order chi connectivity index (χ1) is 9.63. The molecule has 0 fully saturated rings. The summed E-state index contributed by atoms with van der Waals surface area (Å²) < 4.78 is 1.58. The van der Waals surface area contributed by atoms with E-state index >= 15 is 0 Å². The Balaban J connectivity index is 2.31. The topological polar surface area (TPSA) is 85.8 Å². The van der Waals surface area contributed by atoms with Gasteiger partial charge < -0.3 is 10.6 Å². The molecule has 0 amide bonds. The molecule has 0 spiro atoms. The molecule has 1 unspecified atom stereocenters. The summed E-state index contributed by atoms with van der Waals surface area (Å²) in [7, 11) is 0. The van der Waals surface area contributed by atoms with Crippen molar-refractivity contribution in [1.82, 2.24) is 24.7 Å². The van der Waals surface area contributed by atoms with Gasteiger partial charge >= 0.3 is 0 Å². The Morgan fingerprint density at radius 2 is 2.10 bits per heavy atom. The van der Waals surface area contributed by atoms with E-state index in [2.05, 4.69) is 45.7 Å². The molecule has 0 aliphatic heterocycles. The zero-order valence-corrected chi connectivity index (χ0v) is 12.2. The second kappa shape index (κ2) is 6.31. The van der Waals surface area contributed by atoms with E-state index in [1.807, 2.05) is 6.07 Å². The smallest absolute Gasteiger partial charge is 0.257 e. The number of hydrogen-bond acceptors (Lipinski definition) is 6. The maximum absolute atomic E-state index is 5.79. The monoisotopic (exact) mass is 275 g/mol. The molecule has 7 nitrogen and oxygen atoms in total. The fourth-order valence-electron chi connectivity index (χ4n) is 1.86. The van der Waals surface area contributed by atoms with Crippen molar-refractivity contribution >= 4 is 11.9 Å². The Morgan fingerprint density at radius 1 is 1.30 bits per heavy atom. The number of anilines is 2. The molecule has 0 aliphatic rings. The first-order valence-electron chi connectivity index (χ1n) is 6.90. The molecule has 0 aromatic carbocycles. The van der Waals surface area contributed by atoms with Crippen molar-refractivity contribution in [3.63, 3.8) is 0 Å². The lowest BCUT2D eigenvalue weighted by molar-refractivity contribution is 0.541. The molecule has 7 heteroatoms. The Bertz CT molecular complexity index is 538. The van der Waals surface area contributed by atoms with Gasteiger partial charge in [0.1, 0.15) is 0 Å². The average molecular weight is 275 g/mol. The normalized spacial score (nSPS) is 12.3. The molecule has 2 heterocycles. The molecular weight excluding hydrogens is 254 g/mol. The van der Waals surface area contributed by atoms with E-state index in [-0.39, 0.29) is 5.95 Å². The first kappa shape index (κ1) is 14.2. The van der Waals surface area contributed by atoms with Crippen molar-refractivity contribution in [3.05, 3.63) is 18.5 Å². The minimum atomic E-state index is 0.211. The predicted octanol–water partition coefficient (Wildman–Crippen LogP) is 1.51. The summed E-state index contributed by atoms with van der Waals surface area (Å²) >= 11 is 0. The lowest BCUT2D eigenvalue weighted by atomic mass is 10.1. The highest BCUT2D eigenvalue weighted by atomic mass is 15.4. The van der Waals surface area contributed by atoms with Crippen LogP contribution in [0, 0.1) is 5.92 Å². The van der Waals surface area contributed by atoms with Gasteiger partial charge in [0.05, 0.1) is 0 Å². The minimum Gasteiger partial charge on any atom is -0.368 e. The van der Waals surface area contributed by atoms with E-state index in [9.17, 15) is 0 Å². The molecule has 2 aromatic heterocycles. The summed E-state index contributed by atoms with van der Waals surface area (Å²) in [5.74, 6) is 1.83. The largest absolute Gasteiger partial charge is 0.368 e. The third-order valence-corrected chi connectivity index (χ3v) is 3.23. The van der Waals surface area contributed by atoms with Crippen molar-refractivity contribution < 1.29 is 0 Å². The molecule has 2 aromatic rings. The third-order valence-electron chi connectivity index (χ3n) is 3.23. The minimum absolute atomic E-state index is 0.211. The molecule has 0 saturated carbocycles. The predicted molar refractivity (Wildman–Crippen MR) is 78.7 cm³/mol. The van der Waals surface area contributed by atoms with Crippen LogP contribution in [0.4, 0.5) is 11.9 Å². The molecule has 0 aliphatic carbocycles. The number of nitrogens with two attached hydrogens (primary N) is 1. The van der Waals surface area contributed by atoms with E-state index < -0.39 is 0 Å². The second-order valence-corrected chi connectivity index (χ2v) is 4.80. The van der Waals surface area contributed by atoms with Gasteiger partial charge in [0.15, 0.2) is 0 Å². The van der Waals surface area contributed by atoms with Crippen LogP contribution in [0.15, 0.2) is 18.5 Å². The molecule has 108 valence electrons. The van der Waals surface area contributed by atoms with Crippen molar-refractivity contribution in [1.29, 1.82) is 0 Å². The Morgan fingerprint density at radius 3 is 2.70 bits per heavy atom. The lowest BCUT2D eigenvalue weighted by Crippen LogP contribution is -2.30. The van der Waals surface area contributed by atoms with Crippen molar-refractivity contribution in [3.8, 4) is 5.95 Å². The number of rotatable bonds is 6. The number of aromatic nitrogens is 5. The van der Waals surface area contributed by atoms with Crippen LogP contribution >= 0.6 is 0 Å². The molecule has 2 rings (SSSR count). The summed E-state index contributed by atoms with van der Waals surface area (Å²) in [6.07, 6.45) is 4.57. The second-order valence-electron chi connectivity index (χ2n) is 4.80. The van der Waals surface area contributed by atoms with Gasteiger partial charge in [-0.2, -0.15) is 20.1 Å². The standard InChI is InChI=1S/C13H21N7/c1-4-10(3)9-19(5-2)12-16-11(14)17-13(18-12)20-8-6-7-15-20/h6-8,10H,4-5,9H2,1-3H3,(H2,14,16,17,18). The molecule has 0 radical (unpaired) electrons. The van der Waals surface area contributed by atoms with E-state index in [0.29, 0.717) is 17.8 Å². The van der Waals surface area contributed by atoms with Gasteiger partial charge in [-0.1, -0.05) is 20.3 Å². The highest BCUT2D eigenvalue weighted by molar-refractivity contribution is 5.37. The molecule has 0 saturated heterocycles. The van der Waals surface area contributed by atoms with Crippen molar-refractivity contribution in [2.45, 2.75) is 27.2 Å². The highest BCUT2D eigenvalue weighted by Crippen LogP contribution is 2.14. The van der Waals surface area contributed by atoms with E-state index in [4.69, 9.17) is 5.73 Å². The van der Waals surface area contributed by atoms with E-state index in [1.54, 1.807) is 17.1 Å². The fraction of sp³-hybridized carbons (Fsp3) is 0.538. The number of nitrogens with zero attached hydrogens (tertiary/aromatic N) is 6. The zero-order valence-electron chi connectivity index (χ0n) is 12.2. The van der Waals surface area contributed by atoms with Crippen LogP contribution in [0.1, 0.15) is 27.2 Å². The highest BCUT2D eigenvalue weighted by Gasteiger charge is 2.14. The average Bonchev–Trinajstić information content (AvgIpc) is 2.97. The van der Waals surface area contributed by atoms with Crippen molar-refractivity contribution in [2.75, 3.05) is 23.7 Å². The summed E-state index contributed by atoms with van der Waals surface area (Å²) in [4.78, 5) is 14.9. The summed E-state index contributed by atoms with van der Waals surface area (Å²) in [5, 5.41) is 4.12. The Hall–Kier alpha value is -2.18. The molecule has 0 bridgehead atoms. The Kier molecular flexibility index (Phi) is 4.49. The van der Waals surface area contributed by atoms with Gasteiger partial charge in [0, 0.05) is 25.5 Å². The van der Waals surface area contributed by atoms with Crippen LogP contribution in [0.25, 0.3) is 5.95 Å². The Labute approximate surface area is 118 Å². The van der Waals surface area contributed by atoms with Crippen LogP contribution in [0.2, 0.25) is 0 Å². The molecule has 20 heavy (non-hydrogen) atoms. The molecule has 1 atom stereocenters. The van der Waals surface area contributed by atoms with Gasteiger partial charge in [0.2, 0.25) is 11.9 Å². The quantitative estimate of drug-likeness (QED) is 0.860. The van der Waals surface area contributed by atoms with E-state index in [1.165, 1.54) is 0 Å². The van der Waals surface area contributed by atoms with Crippen molar-refractivity contribution in [2.24, 2.45) is 5.92 Å². The number of hydrogen-bond donors (Lipinski definition) is 1. The SMILES string of the molecule is CCC(C)CN(CC)c1nc(N)nc(-n2cccn2)n1. The number of nitrogen functional groups attached to an aromatic ring is 1. The van der Waals surface area contributed by atoms with Gasteiger partial charge in [-0.05, 0) is 18.9 Å². The van der Waals surface area contributed by atoms with Crippen LogP contribution < -0.4 is 10.6 Å². The maximum Gasteiger partial charge on any atom is 0.257 e. The van der Waals surface area contributed by atoms with Crippen LogP contribution in [0.5, 0.6) is 0 Å². The van der Waals surface area contributed by atoms with Crippen LogP contribution in [0.3, 0.4) is 0 Å². The molecule has 2 N–H and O–H groups in total.